The monoisotopic (exact) mass is 340 g/mol. The molecule has 0 atom stereocenters. The van der Waals surface area contributed by atoms with Gasteiger partial charge in [0, 0.05) is 5.56 Å². The standard InChI is InChI=1S/C14H16N2O8/c17-12-9-6-11(23-4-2-16-14(20)21)10(5-8(9)7-24-12)22-3-1-15-13(18)19/h5-6,15-16H,1-4,7H2,(H,18,19)(H,20,21). The van der Waals surface area contributed by atoms with Crippen LogP contribution in [-0.2, 0) is 11.3 Å². The number of benzene rings is 1. The maximum Gasteiger partial charge on any atom is 0.404 e. The van der Waals surface area contributed by atoms with Crippen LogP contribution in [0.15, 0.2) is 12.1 Å². The lowest BCUT2D eigenvalue weighted by Crippen LogP contribution is -2.27. The summed E-state index contributed by atoms with van der Waals surface area (Å²) in [7, 11) is 0. The first-order valence-electron chi connectivity index (χ1n) is 7.00. The van der Waals surface area contributed by atoms with Crippen molar-refractivity contribution >= 4 is 18.2 Å². The van der Waals surface area contributed by atoms with Crippen molar-refractivity contribution in [3.05, 3.63) is 23.3 Å². The molecule has 1 aliphatic heterocycles. The van der Waals surface area contributed by atoms with Crippen molar-refractivity contribution < 1.29 is 38.8 Å². The van der Waals surface area contributed by atoms with Gasteiger partial charge in [-0.3, -0.25) is 0 Å². The van der Waals surface area contributed by atoms with E-state index in [1.54, 1.807) is 6.07 Å². The van der Waals surface area contributed by atoms with Crippen LogP contribution in [0.3, 0.4) is 0 Å². The van der Waals surface area contributed by atoms with Gasteiger partial charge in [0.1, 0.15) is 19.8 Å². The number of rotatable bonds is 8. The molecule has 24 heavy (non-hydrogen) atoms. The first-order chi connectivity index (χ1) is 11.5. The normalized spacial score (nSPS) is 12.1. The minimum absolute atomic E-state index is 0.0316. The number of carboxylic acid groups (broad SMARTS) is 2. The minimum Gasteiger partial charge on any atom is -0.488 e. The fourth-order valence-corrected chi connectivity index (χ4v) is 2.00. The molecule has 0 fully saturated rings. The second-order valence-electron chi connectivity index (χ2n) is 4.69. The Labute approximate surface area is 136 Å². The summed E-state index contributed by atoms with van der Waals surface area (Å²) >= 11 is 0. The fraction of sp³-hybridized carbons (Fsp3) is 0.357. The Kier molecular flexibility index (Phi) is 5.66. The molecular formula is C14H16N2O8. The number of hydrogen-bond acceptors (Lipinski definition) is 6. The highest BCUT2D eigenvalue weighted by molar-refractivity contribution is 5.94. The van der Waals surface area contributed by atoms with Crippen LogP contribution in [0.5, 0.6) is 11.5 Å². The van der Waals surface area contributed by atoms with E-state index in [-0.39, 0.29) is 38.7 Å². The molecular weight excluding hydrogens is 324 g/mol. The molecule has 1 aliphatic rings. The van der Waals surface area contributed by atoms with Gasteiger partial charge in [-0.1, -0.05) is 0 Å². The van der Waals surface area contributed by atoms with E-state index in [2.05, 4.69) is 10.6 Å². The van der Waals surface area contributed by atoms with Crippen molar-refractivity contribution in [2.75, 3.05) is 26.3 Å². The lowest BCUT2D eigenvalue weighted by atomic mass is 10.1. The van der Waals surface area contributed by atoms with Crippen molar-refractivity contribution in [2.24, 2.45) is 0 Å². The lowest BCUT2D eigenvalue weighted by Gasteiger charge is -2.14. The van der Waals surface area contributed by atoms with Crippen LogP contribution in [0.1, 0.15) is 15.9 Å². The van der Waals surface area contributed by atoms with Gasteiger partial charge in [0.25, 0.3) is 0 Å². The van der Waals surface area contributed by atoms with E-state index in [1.165, 1.54) is 6.07 Å². The first-order valence-corrected chi connectivity index (χ1v) is 7.00. The third-order valence-electron chi connectivity index (χ3n) is 3.02. The topological polar surface area (TPSA) is 143 Å². The van der Waals surface area contributed by atoms with Crippen LogP contribution in [0.2, 0.25) is 0 Å². The Balaban J connectivity index is 2.03. The summed E-state index contributed by atoms with van der Waals surface area (Å²) in [4.78, 5) is 32.4. The third-order valence-corrected chi connectivity index (χ3v) is 3.02. The fourth-order valence-electron chi connectivity index (χ4n) is 2.00. The summed E-state index contributed by atoms with van der Waals surface area (Å²) in [5.74, 6) is 0.0854. The van der Waals surface area contributed by atoms with Crippen molar-refractivity contribution in [3.63, 3.8) is 0 Å². The number of ether oxygens (including phenoxy) is 3. The molecule has 0 spiro atoms. The average molecular weight is 340 g/mol. The molecule has 0 aromatic heterocycles. The Hall–Kier alpha value is -3.17. The smallest absolute Gasteiger partial charge is 0.404 e. The number of carbonyl (C=O) groups excluding carboxylic acids is 1. The molecule has 10 heteroatoms. The van der Waals surface area contributed by atoms with Crippen LogP contribution < -0.4 is 20.1 Å². The van der Waals surface area contributed by atoms with Crippen LogP contribution in [0.25, 0.3) is 0 Å². The molecule has 1 aromatic carbocycles. The highest BCUT2D eigenvalue weighted by atomic mass is 16.5. The zero-order chi connectivity index (χ0) is 17.5. The molecule has 2 rings (SSSR count). The molecule has 0 bridgehead atoms. The van der Waals surface area contributed by atoms with Gasteiger partial charge >= 0.3 is 18.2 Å². The molecule has 130 valence electrons. The van der Waals surface area contributed by atoms with Crippen molar-refractivity contribution in [3.8, 4) is 11.5 Å². The summed E-state index contributed by atoms with van der Waals surface area (Å²) in [6.45, 7) is 0.338. The van der Waals surface area contributed by atoms with Crippen LogP contribution >= 0.6 is 0 Å². The number of fused-ring (bicyclic) bond motifs is 1. The van der Waals surface area contributed by atoms with E-state index in [0.717, 1.165) is 0 Å². The second kappa shape index (κ2) is 7.90. The summed E-state index contributed by atoms with van der Waals surface area (Å²) in [5, 5.41) is 21.3. The van der Waals surface area contributed by atoms with Gasteiger partial charge in [-0.05, 0) is 12.1 Å². The van der Waals surface area contributed by atoms with Gasteiger partial charge in [-0.25, -0.2) is 14.4 Å². The molecule has 0 saturated carbocycles. The van der Waals surface area contributed by atoms with E-state index in [0.29, 0.717) is 16.9 Å². The zero-order valence-corrected chi connectivity index (χ0v) is 12.5. The van der Waals surface area contributed by atoms with Gasteiger partial charge in [-0.2, -0.15) is 0 Å². The Morgan fingerprint density at radius 2 is 1.58 bits per heavy atom. The minimum atomic E-state index is -1.17. The Bertz CT molecular complexity index is 646. The molecule has 4 N–H and O–H groups in total. The van der Waals surface area contributed by atoms with Crippen molar-refractivity contribution in [2.45, 2.75) is 6.61 Å². The van der Waals surface area contributed by atoms with Gasteiger partial charge in [0.2, 0.25) is 0 Å². The van der Waals surface area contributed by atoms with Crippen LogP contribution in [0.4, 0.5) is 9.59 Å². The van der Waals surface area contributed by atoms with E-state index >= 15 is 0 Å². The SMILES string of the molecule is O=C(O)NCCOc1cc2c(cc1OCCNC(=O)O)C(=O)OC2. The second-order valence-corrected chi connectivity index (χ2v) is 4.69. The van der Waals surface area contributed by atoms with Gasteiger partial charge in [0.05, 0.1) is 18.7 Å². The largest absolute Gasteiger partial charge is 0.488 e. The maximum absolute atomic E-state index is 11.6. The molecule has 0 radical (unpaired) electrons. The molecule has 0 aliphatic carbocycles. The summed E-state index contributed by atoms with van der Waals surface area (Å²) in [6, 6.07) is 3.05. The predicted molar refractivity (Wildman–Crippen MR) is 78.6 cm³/mol. The number of cyclic esters (lactones) is 1. The van der Waals surface area contributed by atoms with Crippen molar-refractivity contribution in [1.29, 1.82) is 0 Å². The number of nitrogens with one attached hydrogen (secondary N) is 2. The predicted octanol–water partition coefficient (Wildman–Crippen LogP) is 0.650. The lowest BCUT2D eigenvalue weighted by molar-refractivity contribution is 0.0534. The Morgan fingerprint density at radius 1 is 1.04 bits per heavy atom. The molecule has 10 nitrogen and oxygen atoms in total. The van der Waals surface area contributed by atoms with Gasteiger partial charge < -0.3 is 35.1 Å². The number of esters is 1. The maximum atomic E-state index is 11.6. The quantitative estimate of drug-likeness (QED) is 0.399. The summed E-state index contributed by atoms with van der Waals surface area (Å²) in [6.07, 6.45) is -2.34. The number of carbonyl (C=O) groups is 3. The van der Waals surface area contributed by atoms with E-state index in [9.17, 15) is 14.4 Å². The molecule has 0 unspecified atom stereocenters. The van der Waals surface area contributed by atoms with Gasteiger partial charge in [0.15, 0.2) is 11.5 Å². The summed E-state index contributed by atoms with van der Waals surface area (Å²) in [5.41, 5.74) is 0.990. The summed E-state index contributed by atoms with van der Waals surface area (Å²) < 4.78 is 15.8. The third kappa shape index (κ3) is 4.66. The van der Waals surface area contributed by atoms with Crippen molar-refractivity contribution in [1.82, 2.24) is 10.6 Å². The van der Waals surface area contributed by atoms with Crippen LogP contribution in [0, 0.1) is 0 Å². The van der Waals surface area contributed by atoms with Gasteiger partial charge in [-0.15, -0.1) is 0 Å². The number of amides is 2. The van der Waals surface area contributed by atoms with E-state index < -0.39 is 18.2 Å². The highest BCUT2D eigenvalue weighted by Gasteiger charge is 2.24. The Morgan fingerprint density at radius 3 is 2.12 bits per heavy atom. The highest BCUT2D eigenvalue weighted by Crippen LogP contribution is 2.34. The molecule has 1 aromatic rings. The van der Waals surface area contributed by atoms with E-state index in [1.807, 2.05) is 0 Å². The van der Waals surface area contributed by atoms with Crippen LogP contribution in [-0.4, -0.2) is 54.7 Å². The molecule has 2 amide bonds. The van der Waals surface area contributed by atoms with E-state index in [4.69, 9.17) is 24.4 Å². The molecule has 1 heterocycles. The first kappa shape index (κ1) is 17.2. The average Bonchev–Trinajstić information content (AvgIpc) is 2.88. The molecule has 0 saturated heterocycles. The number of hydrogen-bond donors (Lipinski definition) is 4. The zero-order valence-electron chi connectivity index (χ0n) is 12.5.